The molecule has 11 heteroatoms. The molecule has 156 valence electrons. The number of nitrogens with zero attached hydrogens (tertiary/aromatic N) is 4. The summed E-state index contributed by atoms with van der Waals surface area (Å²) in [5.41, 5.74) is -0.528. The number of anilines is 1. The molecule has 1 aliphatic heterocycles. The van der Waals surface area contributed by atoms with Gasteiger partial charge in [0.25, 0.3) is 0 Å². The second kappa shape index (κ2) is 9.03. The highest BCUT2D eigenvalue weighted by Crippen LogP contribution is 2.29. The van der Waals surface area contributed by atoms with Crippen LogP contribution in [0.2, 0.25) is 0 Å². The average molecular weight is 411 g/mol. The Morgan fingerprint density at radius 2 is 2.00 bits per heavy atom. The predicted molar refractivity (Wildman–Crippen MR) is 96.4 cm³/mol. The van der Waals surface area contributed by atoms with E-state index >= 15 is 0 Å². The first kappa shape index (κ1) is 20.8. The summed E-state index contributed by atoms with van der Waals surface area (Å²) in [5, 5.41) is 2.62. The van der Waals surface area contributed by atoms with Crippen LogP contribution in [0.25, 0.3) is 0 Å². The molecule has 1 aromatic carbocycles. The van der Waals surface area contributed by atoms with Gasteiger partial charge in [0.1, 0.15) is 0 Å². The van der Waals surface area contributed by atoms with Gasteiger partial charge in [-0.25, -0.2) is 0 Å². The molecule has 1 aliphatic rings. The highest BCUT2D eigenvalue weighted by molar-refractivity contribution is 5.78. The Balaban J connectivity index is 1.64. The number of rotatable bonds is 6. The van der Waals surface area contributed by atoms with Gasteiger partial charge in [-0.15, -0.1) is 0 Å². The number of carbonyl (C=O) groups excluding carboxylic acids is 1. The Labute approximate surface area is 165 Å². The third-order valence-corrected chi connectivity index (χ3v) is 4.19. The standard InChI is InChI=1S/C18H20F3N5O3/c1-28-17-24-14(23-16(25-17)26-5-7-29-8-6-26)11-22-15(27)10-12-3-2-4-13(9-12)18(19,20)21/h2-4,9H,5-8,10-11H2,1H3,(H,22,27). The molecule has 2 heterocycles. The number of alkyl halides is 3. The van der Waals surface area contributed by atoms with Crippen LogP contribution in [-0.4, -0.2) is 54.3 Å². The van der Waals surface area contributed by atoms with Gasteiger partial charge in [0.05, 0.1) is 38.9 Å². The molecule has 29 heavy (non-hydrogen) atoms. The van der Waals surface area contributed by atoms with Crippen LogP contribution in [0.15, 0.2) is 24.3 Å². The number of aromatic nitrogens is 3. The Morgan fingerprint density at radius 3 is 2.69 bits per heavy atom. The van der Waals surface area contributed by atoms with Crippen molar-refractivity contribution in [1.82, 2.24) is 20.3 Å². The molecule has 0 saturated carbocycles. The van der Waals surface area contributed by atoms with Crippen molar-refractivity contribution in [2.75, 3.05) is 38.3 Å². The van der Waals surface area contributed by atoms with E-state index in [0.29, 0.717) is 32.3 Å². The number of nitrogens with one attached hydrogen (secondary N) is 1. The lowest BCUT2D eigenvalue weighted by Crippen LogP contribution is -2.37. The van der Waals surface area contributed by atoms with Crippen LogP contribution < -0.4 is 15.0 Å². The third-order valence-electron chi connectivity index (χ3n) is 4.19. The van der Waals surface area contributed by atoms with Gasteiger partial charge in [-0.2, -0.15) is 28.1 Å². The summed E-state index contributed by atoms with van der Waals surface area (Å²) in [4.78, 5) is 26.7. The fourth-order valence-corrected chi connectivity index (χ4v) is 2.74. The zero-order valence-electron chi connectivity index (χ0n) is 15.7. The lowest BCUT2D eigenvalue weighted by atomic mass is 10.1. The molecule has 1 fully saturated rings. The van der Waals surface area contributed by atoms with E-state index in [1.54, 1.807) is 0 Å². The van der Waals surface area contributed by atoms with Crippen molar-refractivity contribution >= 4 is 11.9 Å². The Morgan fingerprint density at radius 1 is 1.24 bits per heavy atom. The fraction of sp³-hybridized carbons (Fsp3) is 0.444. The van der Waals surface area contributed by atoms with Crippen LogP contribution in [0.5, 0.6) is 6.01 Å². The zero-order chi connectivity index (χ0) is 20.9. The monoisotopic (exact) mass is 411 g/mol. The van der Waals surface area contributed by atoms with E-state index < -0.39 is 17.6 Å². The second-order valence-electron chi connectivity index (χ2n) is 6.29. The van der Waals surface area contributed by atoms with Crippen LogP contribution in [0.4, 0.5) is 19.1 Å². The number of morpholine rings is 1. The molecule has 0 unspecified atom stereocenters. The molecule has 1 amide bonds. The van der Waals surface area contributed by atoms with Crippen LogP contribution in [-0.2, 0) is 28.7 Å². The van der Waals surface area contributed by atoms with E-state index in [2.05, 4.69) is 20.3 Å². The number of carbonyl (C=O) groups is 1. The van der Waals surface area contributed by atoms with Gasteiger partial charge in [0.15, 0.2) is 5.82 Å². The van der Waals surface area contributed by atoms with E-state index in [4.69, 9.17) is 9.47 Å². The maximum atomic E-state index is 12.8. The molecular weight excluding hydrogens is 391 g/mol. The molecule has 0 radical (unpaired) electrons. The minimum atomic E-state index is -4.45. The minimum absolute atomic E-state index is 0.00594. The summed E-state index contributed by atoms with van der Waals surface area (Å²) < 4.78 is 48.8. The Bertz CT molecular complexity index is 857. The van der Waals surface area contributed by atoms with Crippen molar-refractivity contribution in [2.24, 2.45) is 0 Å². The second-order valence-corrected chi connectivity index (χ2v) is 6.29. The van der Waals surface area contributed by atoms with Crippen molar-refractivity contribution < 1.29 is 27.4 Å². The summed E-state index contributed by atoms with van der Waals surface area (Å²) >= 11 is 0. The molecule has 0 atom stereocenters. The quantitative estimate of drug-likeness (QED) is 0.772. The SMILES string of the molecule is COc1nc(CNC(=O)Cc2cccc(C(F)(F)F)c2)nc(N2CCOCC2)n1. The Kier molecular flexibility index (Phi) is 6.47. The number of methoxy groups -OCH3 is 1. The highest BCUT2D eigenvalue weighted by atomic mass is 19.4. The number of halogens is 3. The number of hydrogen-bond acceptors (Lipinski definition) is 7. The van der Waals surface area contributed by atoms with Gasteiger partial charge in [0, 0.05) is 13.1 Å². The maximum Gasteiger partial charge on any atom is 0.416 e. The summed E-state index contributed by atoms with van der Waals surface area (Å²) in [7, 11) is 1.43. The van der Waals surface area contributed by atoms with Crippen molar-refractivity contribution in [1.29, 1.82) is 0 Å². The lowest BCUT2D eigenvalue weighted by Gasteiger charge is -2.26. The first-order chi connectivity index (χ1) is 13.8. The fourth-order valence-electron chi connectivity index (χ4n) is 2.74. The van der Waals surface area contributed by atoms with Gasteiger partial charge in [-0.05, 0) is 11.6 Å². The average Bonchev–Trinajstić information content (AvgIpc) is 2.72. The van der Waals surface area contributed by atoms with Gasteiger partial charge in [0.2, 0.25) is 11.9 Å². The van der Waals surface area contributed by atoms with Gasteiger partial charge in [-0.3, -0.25) is 4.79 Å². The van der Waals surface area contributed by atoms with Crippen LogP contribution in [0, 0.1) is 0 Å². The topological polar surface area (TPSA) is 89.5 Å². The normalized spacial score (nSPS) is 14.6. The highest BCUT2D eigenvalue weighted by Gasteiger charge is 2.30. The molecule has 0 spiro atoms. The van der Waals surface area contributed by atoms with Crippen LogP contribution >= 0.6 is 0 Å². The van der Waals surface area contributed by atoms with E-state index in [1.807, 2.05) is 4.90 Å². The molecule has 2 aromatic rings. The summed E-state index contributed by atoms with van der Waals surface area (Å²) in [6.45, 7) is 2.34. The van der Waals surface area contributed by atoms with Crippen molar-refractivity contribution in [3.8, 4) is 6.01 Å². The van der Waals surface area contributed by atoms with E-state index in [1.165, 1.54) is 19.2 Å². The molecule has 8 nitrogen and oxygen atoms in total. The van der Waals surface area contributed by atoms with Crippen molar-refractivity contribution in [3.05, 3.63) is 41.2 Å². The van der Waals surface area contributed by atoms with Crippen LogP contribution in [0.3, 0.4) is 0 Å². The third kappa shape index (κ3) is 5.76. The molecule has 0 aliphatic carbocycles. The van der Waals surface area contributed by atoms with Gasteiger partial charge in [-0.1, -0.05) is 18.2 Å². The first-order valence-corrected chi connectivity index (χ1v) is 8.89. The van der Waals surface area contributed by atoms with E-state index in [-0.39, 0.29) is 30.4 Å². The molecular formula is C18H20F3N5O3. The smallest absolute Gasteiger partial charge is 0.416 e. The minimum Gasteiger partial charge on any atom is -0.467 e. The molecule has 1 N–H and O–H groups in total. The van der Waals surface area contributed by atoms with Gasteiger partial charge < -0.3 is 19.7 Å². The zero-order valence-corrected chi connectivity index (χ0v) is 15.7. The number of amides is 1. The van der Waals surface area contributed by atoms with E-state index in [9.17, 15) is 18.0 Å². The molecule has 3 rings (SSSR count). The Hall–Kier alpha value is -2.95. The first-order valence-electron chi connectivity index (χ1n) is 8.89. The summed E-state index contributed by atoms with van der Waals surface area (Å²) in [6, 6.07) is 4.78. The molecule has 1 aromatic heterocycles. The van der Waals surface area contributed by atoms with Crippen molar-refractivity contribution in [3.63, 3.8) is 0 Å². The largest absolute Gasteiger partial charge is 0.467 e. The number of benzene rings is 1. The van der Waals surface area contributed by atoms with Crippen molar-refractivity contribution in [2.45, 2.75) is 19.1 Å². The van der Waals surface area contributed by atoms with E-state index in [0.717, 1.165) is 12.1 Å². The predicted octanol–water partition coefficient (Wildman–Crippen LogP) is 1.59. The number of ether oxygens (including phenoxy) is 2. The molecule has 1 saturated heterocycles. The van der Waals surface area contributed by atoms with Gasteiger partial charge >= 0.3 is 12.2 Å². The summed E-state index contributed by atoms with van der Waals surface area (Å²) in [5.74, 6) is 0.259. The molecule has 0 bridgehead atoms. The lowest BCUT2D eigenvalue weighted by molar-refractivity contribution is -0.137. The van der Waals surface area contributed by atoms with Crippen LogP contribution in [0.1, 0.15) is 17.0 Å². The maximum absolute atomic E-state index is 12.8. The number of hydrogen-bond donors (Lipinski definition) is 1. The summed E-state index contributed by atoms with van der Waals surface area (Å²) in [6.07, 6.45) is -4.65.